The van der Waals surface area contributed by atoms with Crippen LogP contribution in [0.15, 0.2) is 35.0 Å². The number of nitrogens with one attached hydrogen (secondary N) is 1. The Morgan fingerprint density at radius 3 is 2.74 bits per heavy atom. The molecule has 0 saturated heterocycles. The van der Waals surface area contributed by atoms with Crippen molar-refractivity contribution in [3.63, 3.8) is 0 Å². The van der Waals surface area contributed by atoms with Gasteiger partial charge in [0, 0.05) is 6.04 Å². The number of anilines is 1. The van der Waals surface area contributed by atoms with Gasteiger partial charge in [0.1, 0.15) is 0 Å². The Morgan fingerprint density at radius 2 is 2.11 bits per heavy atom. The molecule has 0 saturated carbocycles. The van der Waals surface area contributed by atoms with Crippen LogP contribution < -0.4 is 11.1 Å². The van der Waals surface area contributed by atoms with Crippen molar-refractivity contribution in [3.8, 4) is 0 Å². The van der Waals surface area contributed by atoms with Crippen molar-refractivity contribution in [2.24, 2.45) is 0 Å². The van der Waals surface area contributed by atoms with Crippen molar-refractivity contribution in [2.75, 3.05) is 5.73 Å². The van der Waals surface area contributed by atoms with Gasteiger partial charge in [-0.15, -0.1) is 0 Å². The van der Waals surface area contributed by atoms with Crippen LogP contribution in [0.3, 0.4) is 0 Å². The average Bonchev–Trinajstić information content (AvgIpc) is 2.84. The summed E-state index contributed by atoms with van der Waals surface area (Å²) < 4.78 is 4.39. The number of rotatable bonds is 5. The van der Waals surface area contributed by atoms with Gasteiger partial charge in [0.25, 0.3) is 5.91 Å². The lowest BCUT2D eigenvalue weighted by Gasteiger charge is -2.12. The lowest BCUT2D eigenvalue weighted by molar-refractivity contribution is 0.0929. The molecule has 0 aliphatic carbocycles. The molecular formula is C13H16N4O2. The molecule has 1 heterocycles. The SMILES string of the molecule is CC(CCc1ccccc1)NC(=O)c1nonc1N. The number of carbonyl (C=O) groups excluding carboxylic acids is 1. The highest BCUT2D eigenvalue weighted by molar-refractivity contribution is 5.96. The number of hydrogen-bond donors (Lipinski definition) is 2. The Hall–Kier alpha value is -2.37. The summed E-state index contributed by atoms with van der Waals surface area (Å²) in [7, 11) is 0. The monoisotopic (exact) mass is 260 g/mol. The van der Waals surface area contributed by atoms with E-state index in [9.17, 15) is 4.79 Å². The molecular weight excluding hydrogens is 244 g/mol. The molecule has 6 nitrogen and oxygen atoms in total. The third-order valence-corrected chi connectivity index (χ3v) is 2.82. The Bertz CT molecular complexity index is 539. The van der Waals surface area contributed by atoms with Gasteiger partial charge in [-0.2, -0.15) is 0 Å². The zero-order valence-corrected chi connectivity index (χ0v) is 10.7. The summed E-state index contributed by atoms with van der Waals surface area (Å²) in [5.74, 6) is -0.355. The first-order valence-corrected chi connectivity index (χ1v) is 6.09. The molecule has 1 aromatic carbocycles. The predicted molar refractivity (Wildman–Crippen MR) is 70.4 cm³/mol. The van der Waals surface area contributed by atoms with Crippen LogP contribution in [0.25, 0.3) is 0 Å². The molecule has 2 rings (SSSR count). The van der Waals surface area contributed by atoms with Gasteiger partial charge in [-0.05, 0) is 35.6 Å². The minimum atomic E-state index is -0.362. The van der Waals surface area contributed by atoms with Crippen LogP contribution >= 0.6 is 0 Å². The first-order chi connectivity index (χ1) is 9.16. The van der Waals surface area contributed by atoms with Gasteiger partial charge in [0.2, 0.25) is 11.5 Å². The van der Waals surface area contributed by atoms with E-state index in [1.807, 2.05) is 25.1 Å². The standard InChI is InChI=1S/C13H16N4O2/c1-9(7-8-10-5-3-2-4-6-10)15-13(18)11-12(14)17-19-16-11/h2-6,9H,7-8H2,1H3,(H2,14,17)(H,15,18). The summed E-state index contributed by atoms with van der Waals surface area (Å²) in [5, 5.41) is 9.65. The summed E-state index contributed by atoms with van der Waals surface area (Å²) in [4.78, 5) is 11.8. The molecule has 0 aliphatic heterocycles. The van der Waals surface area contributed by atoms with E-state index in [2.05, 4.69) is 32.4 Å². The largest absolute Gasteiger partial charge is 0.379 e. The first kappa shape index (κ1) is 13.1. The zero-order chi connectivity index (χ0) is 13.7. The second-order valence-corrected chi connectivity index (χ2v) is 4.40. The topological polar surface area (TPSA) is 94.0 Å². The quantitative estimate of drug-likeness (QED) is 0.847. The fraction of sp³-hybridized carbons (Fsp3) is 0.308. The minimum Gasteiger partial charge on any atom is -0.379 e. The van der Waals surface area contributed by atoms with Gasteiger partial charge in [0.05, 0.1) is 0 Å². The Labute approximate surface area is 111 Å². The number of aryl methyl sites for hydroxylation is 1. The van der Waals surface area contributed by atoms with Crippen LogP contribution in [0.2, 0.25) is 0 Å². The molecule has 1 aromatic heterocycles. The molecule has 6 heteroatoms. The predicted octanol–water partition coefficient (Wildman–Crippen LogP) is 1.40. The third-order valence-electron chi connectivity index (χ3n) is 2.82. The number of amides is 1. The Morgan fingerprint density at radius 1 is 1.37 bits per heavy atom. The highest BCUT2D eigenvalue weighted by Gasteiger charge is 2.17. The van der Waals surface area contributed by atoms with E-state index >= 15 is 0 Å². The number of carbonyl (C=O) groups is 1. The van der Waals surface area contributed by atoms with Crippen molar-refractivity contribution in [3.05, 3.63) is 41.6 Å². The average molecular weight is 260 g/mol. The molecule has 1 atom stereocenters. The number of nitrogens with two attached hydrogens (primary N) is 1. The van der Waals surface area contributed by atoms with Gasteiger partial charge >= 0.3 is 0 Å². The third kappa shape index (κ3) is 3.54. The van der Waals surface area contributed by atoms with Crippen LogP contribution in [0.4, 0.5) is 5.82 Å². The number of benzene rings is 1. The van der Waals surface area contributed by atoms with E-state index in [4.69, 9.17) is 5.73 Å². The smallest absolute Gasteiger partial charge is 0.277 e. The molecule has 19 heavy (non-hydrogen) atoms. The van der Waals surface area contributed by atoms with Crippen molar-refractivity contribution in [2.45, 2.75) is 25.8 Å². The molecule has 2 aromatic rings. The van der Waals surface area contributed by atoms with Gasteiger partial charge in [-0.25, -0.2) is 4.63 Å². The van der Waals surface area contributed by atoms with E-state index in [0.29, 0.717) is 0 Å². The van der Waals surface area contributed by atoms with Crippen LogP contribution in [0, 0.1) is 0 Å². The fourth-order valence-corrected chi connectivity index (χ4v) is 1.75. The highest BCUT2D eigenvalue weighted by atomic mass is 16.6. The summed E-state index contributed by atoms with van der Waals surface area (Å²) in [5.41, 5.74) is 6.73. The molecule has 0 fully saturated rings. The summed E-state index contributed by atoms with van der Waals surface area (Å²) >= 11 is 0. The van der Waals surface area contributed by atoms with E-state index in [1.165, 1.54) is 5.56 Å². The molecule has 1 unspecified atom stereocenters. The van der Waals surface area contributed by atoms with Crippen LogP contribution in [-0.4, -0.2) is 22.3 Å². The van der Waals surface area contributed by atoms with E-state index in [0.717, 1.165) is 12.8 Å². The van der Waals surface area contributed by atoms with E-state index in [-0.39, 0.29) is 23.5 Å². The van der Waals surface area contributed by atoms with Gasteiger partial charge < -0.3 is 11.1 Å². The Balaban J connectivity index is 1.83. The lowest BCUT2D eigenvalue weighted by Crippen LogP contribution is -2.33. The number of aromatic nitrogens is 2. The van der Waals surface area contributed by atoms with Crippen LogP contribution in [0.1, 0.15) is 29.4 Å². The molecule has 0 radical (unpaired) electrons. The summed E-state index contributed by atoms with van der Waals surface area (Å²) in [6.07, 6.45) is 1.73. The maximum atomic E-state index is 11.8. The molecule has 0 aliphatic rings. The van der Waals surface area contributed by atoms with Crippen molar-refractivity contribution in [1.29, 1.82) is 0 Å². The molecule has 100 valence electrons. The van der Waals surface area contributed by atoms with Gasteiger partial charge in [0.15, 0.2) is 0 Å². The lowest BCUT2D eigenvalue weighted by atomic mass is 10.1. The van der Waals surface area contributed by atoms with Gasteiger partial charge in [-0.3, -0.25) is 4.79 Å². The van der Waals surface area contributed by atoms with Crippen molar-refractivity contribution >= 4 is 11.7 Å². The minimum absolute atomic E-state index is 0.00718. The molecule has 1 amide bonds. The van der Waals surface area contributed by atoms with E-state index < -0.39 is 0 Å². The number of nitrogen functional groups attached to an aromatic ring is 1. The molecule has 0 bridgehead atoms. The maximum Gasteiger partial charge on any atom is 0.277 e. The summed E-state index contributed by atoms with van der Waals surface area (Å²) in [6, 6.07) is 10.1. The molecule has 0 spiro atoms. The van der Waals surface area contributed by atoms with Crippen molar-refractivity contribution in [1.82, 2.24) is 15.6 Å². The number of nitrogens with zero attached hydrogens (tertiary/aromatic N) is 2. The fourth-order valence-electron chi connectivity index (χ4n) is 1.75. The zero-order valence-electron chi connectivity index (χ0n) is 10.7. The number of hydrogen-bond acceptors (Lipinski definition) is 5. The Kier molecular flexibility index (Phi) is 4.12. The molecule has 3 N–H and O–H groups in total. The first-order valence-electron chi connectivity index (χ1n) is 6.09. The maximum absolute atomic E-state index is 11.8. The summed E-state index contributed by atoms with van der Waals surface area (Å²) in [6.45, 7) is 1.94. The highest BCUT2D eigenvalue weighted by Crippen LogP contribution is 2.07. The van der Waals surface area contributed by atoms with Crippen molar-refractivity contribution < 1.29 is 9.42 Å². The normalized spacial score (nSPS) is 12.1. The van der Waals surface area contributed by atoms with Crippen LogP contribution in [0.5, 0.6) is 0 Å². The van der Waals surface area contributed by atoms with E-state index in [1.54, 1.807) is 0 Å². The second-order valence-electron chi connectivity index (χ2n) is 4.40. The second kappa shape index (κ2) is 5.99. The van der Waals surface area contributed by atoms with Gasteiger partial charge in [-0.1, -0.05) is 30.3 Å². The van der Waals surface area contributed by atoms with Crippen LogP contribution in [-0.2, 0) is 6.42 Å².